The molecule has 0 heterocycles. The summed E-state index contributed by atoms with van der Waals surface area (Å²) in [6.07, 6.45) is 5.88. The lowest BCUT2D eigenvalue weighted by molar-refractivity contribution is 0.0997. The fraction of sp³-hybridized carbons (Fsp3) is 1.00. The molecular weight excluding hydrogens is 196 g/mol. The zero-order valence-electron chi connectivity index (χ0n) is 9.94. The minimum absolute atomic E-state index is 0.280. The van der Waals surface area contributed by atoms with E-state index in [0.29, 0.717) is 0 Å². The Hall–Kier alpha value is 0.250. The maximum Gasteiger partial charge on any atom is 0.0471 e. The Morgan fingerprint density at radius 1 is 1.07 bits per heavy atom. The summed E-state index contributed by atoms with van der Waals surface area (Å²) in [6.45, 7) is 8.42. The van der Waals surface area contributed by atoms with Gasteiger partial charge in [-0.15, -0.1) is 11.6 Å². The van der Waals surface area contributed by atoms with Crippen LogP contribution in [0, 0.1) is 5.41 Å². The summed E-state index contributed by atoms with van der Waals surface area (Å²) in [5.74, 6) is 0.748. The van der Waals surface area contributed by atoms with Gasteiger partial charge in [-0.25, -0.2) is 0 Å². The number of halogens is 1. The summed E-state index contributed by atoms with van der Waals surface area (Å²) in [6, 6.07) is 0. The van der Waals surface area contributed by atoms with Gasteiger partial charge in [-0.3, -0.25) is 0 Å². The van der Waals surface area contributed by atoms with E-state index in [2.05, 4.69) is 20.8 Å². The van der Waals surface area contributed by atoms with Gasteiger partial charge in [0.2, 0.25) is 0 Å². The highest BCUT2D eigenvalue weighted by atomic mass is 35.5. The molecule has 0 rings (SSSR count). The van der Waals surface area contributed by atoms with Crippen molar-refractivity contribution >= 4 is 11.6 Å². The first kappa shape index (κ1) is 14.2. The molecule has 14 heavy (non-hydrogen) atoms. The second-order valence-electron chi connectivity index (χ2n) is 4.41. The molecule has 1 atom stereocenters. The highest BCUT2D eigenvalue weighted by Crippen LogP contribution is 2.28. The average Bonchev–Trinajstić information content (AvgIpc) is 2.18. The zero-order valence-corrected chi connectivity index (χ0v) is 10.7. The molecule has 0 saturated heterocycles. The fourth-order valence-corrected chi connectivity index (χ4v) is 1.80. The third kappa shape index (κ3) is 6.67. The Labute approximate surface area is 94.2 Å². The van der Waals surface area contributed by atoms with Gasteiger partial charge < -0.3 is 4.74 Å². The molecule has 0 aliphatic rings. The van der Waals surface area contributed by atoms with E-state index in [1.54, 1.807) is 0 Å². The van der Waals surface area contributed by atoms with Crippen molar-refractivity contribution in [2.45, 2.75) is 52.9 Å². The molecular formula is C12H25ClO. The van der Waals surface area contributed by atoms with Gasteiger partial charge in [0, 0.05) is 19.1 Å². The van der Waals surface area contributed by atoms with Crippen LogP contribution in [0.5, 0.6) is 0 Å². The van der Waals surface area contributed by atoms with Crippen molar-refractivity contribution in [1.82, 2.24) is 0 Å². The number of alkyl halides is 1. The molecule has 0 spiro atoms. The van der Waals surface area contributed by atoms with Crippen LogP contribution in [-0.4, -0.2) is 19.1 Å². The van der Waals surface area contributed by atoms with Gasteiger partial charge in [0.05, 0.1) is 0 Å². The van der Waals surface area contributed by atoms with Crippen LogP contribution in [-0.2, 0) is 4.74 Å². The smallest absolute Gasteiger partial charge is 0.0471 e. The Morgan fingerprint density at radius 2 is 1.79 bits per heavy atom. The van der Waals surface area contributed by atoms with Crippen molar-refractivity contribution < 1.29 is 4.74 Å². The van der Waals surface area contributed by atoms with E-state index < -0.39 is 0 Å². The van der Waals surface area contributed by atoms with E-state index in [1.165, 1.54) is 25.7 Å². The first-order chi connectivity index (χ1) is 6.68. The fourth-order valence-electron chi connectivity index (χ4n) is 1.53. The molecule has 0 N–H and O–H groups in total. The topological polar surface area (TPSA) is 9.23 Å². The normalized spacial score (nSPS) is 15.4. The molecule has 1 unspecified atom stereocenters. The number of rotatable bonds is 9. The van der Waals surface area contributed by atoms with Crippen LogP contribution in [0.2, 0.25) is 0 Å². The minimum Gasteiger partial charge on any atom is -0.381 e. The van der Waals surface area contributed by atoms with Gasteiger partial charge in [0.15, 0.2) is 0 Å². The van der Waals surface area contributed by atoms with Crippen LogP contribution in [0.4, 0.5) is 0 Å². The van der Waals surface area contributed by atoms with Gasteiger partial charge in [-0.2, -0.15) is 0 Å². The molecule has 2 heteroatoms. The van der Waals surface area contributed by atoms with E-state index >= 15 is 0 Å². The summed E-state index contributed by atoms with van der Waals surface area (Å²) in [5.41, 5.74) is 0.280. The molecule has 86 valence electrons. The van der Waals surface area contributed by atoms with Crippen LogP contribution in [0.15, 0.2) is 0 Å². The first-order valence-corrected chi connectivity index (χ1v) is 6.35. The van der Waals surface area contributed by atoms with Crippen molar-refractivity contribution in [3.05, 3.63) is 0 Å². The second-order valence-corrected chi connectivity index (χ2v) is 4.68. The summed E-state index contributed by atoms with van der Waals surface area (Å²) < 4.78 is 5.56. The molecule has 0 aliphatic carbocycles. The number of ether oxygens (including phenoxy) is 1. The monoisotopic (exact) mass is 220 g/mol. The van der Waals surface area contributed by atoms with Crippen LogP contribution in [0.25, 0.3) is 0 Å². The van der Waals surface area contributed by atoms with Crippen LogP contribution in [0.3, 0.4) is 0 Å². The van der Waals surface area contributed by atoms with Crippen LogP contribution in [0.1, 0.15) is 52.9 Å². The molecule has 0 aromatic rings. The largest absolute Gasteiger partial charge is 0.381 e. The van der Waals surface area contributed by atoms with Gasteiger partial charge >= 0.3 is 0 Å². The summed E-state index contributed by atoms with van der Waals surface area (Å²) in [5, 5.41) is 0. The SMILES string of the molecule is CCCCOCCC(C)(CCl)CCC. The van der Waals surface area contributed by atoms with Crippen molar-refractivity contribution in [3.8, 4) is 0 Å². The van der Waals surface area contributed by atoms with E-state index in [0.717, 1.165) is 25.5 Å². The minimum atomic E-state index is 0.280. The van der Waals surface area contributed by atoms with Crippen molar-refractivity contribution in [1.29, 1.82) is 0 Å². The quantitative estimate of drug-likeness (QED) is 0.417. The predicted molar refractivity (Wildman–Crippen MR) is 64.1 cm³/mol. The van der Waals surface area contributed by atoms with Crippen molar-refractivity contribution in [2.75, 3.05) is 19.1 Å². The Balaban J connectivity index is 3.51. The van der Waals surface area contributed by atoms with E-state index in [4.69, 9.17) is 16.3 Å². The predicted octanol–water partition coefficient (Wildman–Crippen LogP) is 4.24. The summed E-state index contributed by atoms with van der Waals surface area (Å²) in [4.78, 5) is 0. The lowest BCUT2D eigenvalue weighted by Crippen LogP contribution is -2.20. The van der Waals surface area contributed by atoms with Crippen LogP contribution >= 0.6 is 11.6 Å². The average molecular weight is 221 g/mol. The number of hydrogen-bond acceptors (Lipinski definition) is 1. The molecule has 1 nitrogen and oxygen atoms in total. The maximum absolute atomic E-state index is 5.97. The number of hydrogen-bond donors (Lipinski definition) is 0. The van der Waals surface area contributed by atoms with Gasteiger partial charge in [-0.05, 0) is 24.7 Å². The molecule has 0 aromatic heterocycles. The summed E-state index contributed by atoms with van der Waals surface area (Å²) in [7, 11) is 0. The Morgan fingerprint density at radius 3 is 2.29 bits per heavy atom. The molecule has 0 saturated carbocycles. The third-order valence-corrected chi connectivity index (χ3v) is 3.31. The molecule has 0 fully saturated rings. The van der Waals surface area contributed by atoms with Gasteiger partial charge in [0.1, 0.15) is 0 Å². The van der Waals surface area contributed by atoms with E-state index in [9.17, 15) is 0 Å². The highest BCUT2D eigenvalue weighted by molar-refractivity contribution is 6.18. The van der Waals surface area contributed by atoms with E-state index in [-0.39, 0.29) is 5.41 Å². The molecule has 0 amide bonds. The maximum atomic E-state index is 5.97. The third-order valence-electron chi connectivity index (χ3n) is 2.67. The molecule has 0 bridgehead atoms. The highest BCUT2D eigenvalue weighted by Gasteiger charge is 2.21. The number of unbranched alkanes of at least 4 members (excludes halogenated alkanes) is 1. The van der Waals surface area contributed by atoms with Crippen molar-refractivity contribution in [3.63, 3.8) is 0 Å². The lowest BCUT2D eigenvalue weighted by atomic mass is 9.85. The Kier molecular flexibility index (Phi) is 8.70. The molecule has 0 aromatic carbocycles. The standard InChI is InChI=1S/C12H25ClO/c1-4-6-9-14-10-8-12(3,11-13)7-5-2/h4-11H2,1-3H3. The Bertz CT molecular complexity index is 127. The second kappa shape index (κ2) is 8.55. The van der Waals surface area contributed by atoms with Crippen LogP contribution < -0.4 is 0 Å². The molecule has 0 radical (unpaired) electrons. The zero-order chi connectivity index (χ0) is 10.9. The van der Waals surface area contributed by atoms with Gasteiger partial charge in [-0.1, -0.05) is 33.6 Å². The first-order valence-electron chi connectivity index (χ1n) is 5.82. The lowest BCUT2D eigenvalue weighted by Gasteiger charge is -2.26. The van der Waals surface area contributed by atoms with E-state index in [1.807, 2.05) is 0 Å². The van der Waals surface area contributed by atoms with Gasteiger partial charge in [0.25, 0.3) is 0 Å². The summed E-state index contributed by atoms with van der Waals surface area (Å²) >= 11 is 5.97. The molecule has 0 aliphatic heterocycles. The van der Waals surface area contributed by atoms with Crippen molar-refractivity contribution in [2.24, 2.45) is 5.41 Å².